The third-order valence-electron chi connectivity index (χ3n) is 5.22. The SMILES string of the molecule is C.C.CCCCCc1cnc(-c2ccc(F)cc2)nc1.CCCc1cnc(-c2ccc(F)cc2)nc1. The molecule has 0 spiro atoms. The molecule has 0 bridgehead atoms. The van der Waals surface area contributed by atoms with Gasteiger partial charge < -0.3 is 0 Å². The predicted octanol–water partition coefficient (Wildman–Crippen LogP) is 8.52. The Morgan fingerprint density at radius 2 is 0.917 bits per heavy atom. The zero-order valence-corrected chi connectivity index (χ0v) is 19.7. The average Bonchev–Trinajstić information content (AvgIpc) is 2.87. The molecule has 6 heteroatoms. The highest BCUT2D eigenvalue weighted by molar-refractivity contribution is 5.54. The van der Waals surface area contributed by atoms with Gasteiger partial charge in [-0.3, -0.25) is 0 Å². The Kier molecular flexibility index (Phi) is 13.7. The number of rotatable bonds is 8. The van der Waals surface area contributed by atoms with Crippen LogP contribution in [0.3, 0.4) is 0 Å². The fourth-order valence-electron chi connectivity index (χ4n) is 3.33. The van der Waals surface area contributed by atoms with Gasteiger partial charge in [-0.1, -0.05) is 48.0 Å². The molecule has 0 atom stereocenters. The molecule has 2 heterocycles. The molecule has 4 nitrogen and oxygen atoms in total. The number of hydrogen-bond acceptors (Lipinski definition) is 4. The summed E-state index contributed by atoms with van der Waals surface area (Å²) in [5, 5.41) is 0. The molecule has 0 saturated carbocycles. The van der Waals surface area contributed by atoms with E-state index >= 15 is 0 Å². The molecule has 2 aromatic carbocycles. The van der Waals surface area contributed by atoms with E-state index in [-0.39, 0.29) is 26.5 Å². The lowest BCUT2D eigenvalue weighted by molar-refractivity contribution is 0.627. The summed E-state index contributed by atoms with van der Waals surface area (Å²) in [6, 6.07) is 12.4. The maximum Gasteiger partial charge on any atom is 0.159 e. The second-order valence-electron chi connectivity index (χ2n) is 8.05. The number of aryl methyl sites for hydroxylation is 2. The van der Waals surface area contributed by atoms with Gasteiger partial charge in [0.05, 0.1) is 0 Å². The first kappa shape index (κ1) is 30.5. The number of aromatic nitrogens is 4. The number of nitrogens with zero attached hydrogens (tertiary/aromatic N) is 4. The Morgan fingerprint density at radius 1 is 0.528 bits per heavy atom. The van der Waals surface area contributed by atoms with Crippen LogP contribution in [-0.4, -0.2) is 19.9 Å². The van der Waals surface area contributed by atoms with E-state index in [9.17, 15) is 8.78 Å². The normalized spacial score (nSPS) is 9.89. The van der Waals surface area contributed by atoms with Gasteiger partial charge in [0.2, 0.25) is 0 Å². The molecular formula is C30H38F2N4. The molecular weight excluding hydrogens is 454 g/mol. The lowest BCUT2D eigenvalue weighted by Gasteiger charge is -2.02. The van der Waals surface area contributed by atoms with Crippen molar-refractivity contribution < 1.29 is 8.78 Å². The van der Waals surface area contributed by atoms with E-state index in [4.69, 9.17) is 0 Å². The van der Waals surface area contributed by atoms with E-state index in [1.165, 1.54) is 43.5 Å². The summed E-state index contributed by atoms with van der Waals surface area (Å²) >= 11 is 0. The highest BCUT2D eigenvalue weighted by Crippen LogP contribution is 2.16. The second kappa shape index (κ2) is 16.2. The van der Waals surface area contributed by atoms with Gasteiger partial charge in [0.1, 0.15) is 11.6 Å². The zero-order valence-electron chi connectivity index (χ0n) is 19.7. The number of hydrogen-bond donors (Lipinski definition) is 0. The van der Waals surface area contributed by atoms with Gasteiger partial charge in [0, 0.05) is 35.9 Å². The molecule has 0 aliphatic heterocycles. The topological polar surface area (TPSA) is 51.6 Å². The predicted molar refractivity (Wildman–Crippen MR) is 146 cm³/mol. The van der Waals surface area contributed by atoms with E-state index in [0.29, 0.717) is 11.6 Å². The molecule has 0 aliphatic rings. The van der Waals surface area contributed by atoms with Crippen molar-refractivity contribution in [1.82, 2.24) is 19.9 Å². The first-order valence-corrected chi connectivity index (χ1v) is 11.7. The Morgan fingerprint density at radius 3 is 1.28 bits per heavy atom. The van der Waals surface area contributed by atoms with Crippen LogP contribution < -0.4 is 0 Å². The third kappa shape index (κ3) is 9.61. The summed E-state index contributed by atoms with van der Waals surface area (Å²) in [7, 11) is 0. The minimum absolute atomic E-state index is 0. The maximum atomic E-state index is 12.8. The van der Waals surface area contributed by atoms with Gasteiger partial charge in [0.25, 0.3) is 0 Å². The molecule has 0 saturated heterocycles. The van der Waals surface area contributed by atoms with Crippen LogP contribution in [0.25, 0.3) is 22.8 Å². The summed E-state index contributed by atoms with van der Waals surface area (Å²) in [5.41, 5.74) is 3.98. The van der Waals surface area contributed by atoms with Crippen LogP contribution in [0, 0.1) is 11.6 Å². The third-order valence-corrected chi connectivity index (χ3v) is 5.22. The molecule has 0 radical (unpaired) electrons. The fourth-order valence-corrected chi connectivity index (χ4v) is 3.33. The van der Waals surface area contributed by atoms with Crippen LogP contribution in [-0.2, 0) is 12.8 Å². The van der Waals surface area contributed by atoms with Gasteiger partial charge in [-0.25, -0.2) is 28.7 Å². The summed E-state index contributed by atoms with van der Waals surface area (Å²) < 4.78 is 25.5. The Balaban J connectivity index is 0.000000343. The van der Waals surface area contributed by atoms with Crippen molar-refractivity contribution in [3.63, 3.8) is 0 Å². The number of unbranched alkanes of at least 4 members (excludes halogenated alkanes) is 2. The van der Waals surface area contributed by atoms with Crippen molar-refractivity contribution in [3.8, 4) is 22.8 Å². The maximum absolute atomic E-state index is 12.8. The summed E-state index contributed by atoms with van der Waals surface area (Å²) in [6.07, 6.45) is 14.1. The lowest BCUT2D eigenvalue weighted by atomic mass is 10.1. The number of halogens is 2. The van der Waals surface area contributed by atoms with Crippen LogP contribution >= 0.6 is 0 Å². The van der Waals surface area contributed by atoms with Gasteiger partial charge in [-0.2, -0.15) is 0 Å². The molecule has 36 heavy (non-hydrogen) atoms. The largest absolute Gasteiger partial charge is 0.236 e. The summed E-state index contributed by atoms with van der Waals surface area (Å²) in [5.74, 6) is 0.801. The molecule has 192 valence electrons. The van der Waals surface area contributed by atoms with Gasteiger partial charge in [-0.05, 0) is 78.9 Å². The van der Waals surface area contributed by atoms with Crippen molar-refractivity contribution >= 4 is 0 Å². The van der Waals surface area contributed by atoms with E-state index in [0.717, 1.165) is 41.5 Å². The Bertz CT molecular complexity index is 1110. The first-order valence-electron chi connectivity index (χ1n) is 11.7. The summed E-state index contributed by atoms with van der Waals surface area (Å²) in [4.78, 5) is 17.2. The van der Waals surface area contributed by atoms with E-state index in [1.54, 1.807) is 24.3 Å². The molecule has 0 unspecified atom stereocenters. The van der Waals surface area contributed by atoms with Gasteiger partial charge in [-0.15, -0.1) is 0 Å². The van der Waals surface area contributed by atoms with Crippen LogP contribution in [0.1, 0.15) is 65.5 Å². The molecule has 0 amide bonds. The van der Waals surface area contributed by atoms with Crippen molar-refractivity contribution in [3.05, 3.63) is 96.1 Å². The van der Waals surface area contributed by atoms with E-state index < -0.39 is 0 Å². The molecule has 0 fully saturated rings. The minimum Gasteiger partial charge on any atom is -0.236 e. The van der Waals surface area contributed by atoms with Crippen molar-refractivity contribution in [2.45, 2.75) is 67.2 Å². The van der Waals surface area contributed by atoms with Crippen LogP contribution in [0.4, 0.5) is 8.78 Å². The quantitative estimate of drug-likeness (QED) is 0.231. The first-order chi connectivity index (χ1) is 16.6. The Labute approximate surface area is 214 Å². The standard InChI is InChI=1S/C15H17FN2.C13H13FN2.2CH4/c1-2-3-4-5-12-10-17-15(18-11-12)13-6-8-14(16)9-7-13;1-2-3-10-8-15-13(16-9-10)11-4-6-12(14)7-5-11;;/h6-11H,2-5H2,1H3;4-9H,2-3H2,1H3;2*1H4. The van der Waals surface area contributed by atoms with Crippen LogP contribution in [0.2, 0.25) is 0 Å². The van der Waals surface area contributed by atoms with Crippen molar-refractivity contribution in [1.29, 1.82) is 0 Å². The molecule has 4 aromatic rings. The summed E-state index contributed by atoms with van der Waals surface area (Å²) in [6.45, 7) is 4.31. The van der Waals surface area contributed by atoms with Crippen LogP contribution in [0.15, 0.2) is 73.3 Å². The van der Waals surface area contributed by atoms with E-state index in [2.05, 4.69) is 33.8 Å². The molecule has 0 N–H and O–H groups in total. The highest BCUT2D eigenvalue weighted by atomic mass is 19.1. The smallest absolute Gasteiger partial charge is 0.159 e. The minimum atomic E-state index is -0.244. The monoisotopic (exact) mass is 492 g/mol. The van der Waals surface area contributed by atoms with Gasteiger partial charge in [0.15, 0.2) is 11.6 Å². The van der Waals surface area contributed by atoms with Crippen LogP contribution in [0.5, 0.6) is 0 Å². The number of benzene rings is 2. The Hall–Kier alpha value is -3.54. The van der Waals surface area contributed by atoms with Gasteiger partial charge >= 0.3 is 0 Å². The molecule has 0 aliphatic carbocycles. The van der Waals surface area contributed by atoms with E-state index in [1.807, 2.05) is 24.8 Å². The lowest BCUT2D eigenvalue weighted by Crippen LogP contribution is -1.93. The zero-order chi connectivity index (χ0) is 24.2. The van der Waals surface area contributed by atoms with Crippen molar-refractivity contribution in [2.75, 3.05) is 0 Å². The average molecular weight is 493 g/mol. The second-order valence-corrected chi connectivity index (χ2v) is 8.05. The highest BCUT2D eigenvalue weighted by Gasteiger charge is 2.02. The molecule has 4 rings (SSSR count). The molecule has 2 aromatic heterocycles. The van der Waals surface area contributed by atoms with Crippen molar-refractivity contribution in [2.24, 2.45) is 0 Å². The fraction of sp³-hybridized carbons (Fsp3) is 0.333.